The number of aromatic nitrogens is 1. The molecule has 1 amide bonds. The number of thiophene rings is 1. The van der Waals surface area contributed by atoms with Crippen molar-refractivity contribution < 1.29 is 4.79 Å². The van der Waals surface area contributed by atoms with Crippen LogP contribution in [0.2, 0.25) is 0 Å². The van der Waals surface area contributed by atoms with Crippen LogP contribution in [0.5, 0.6) is 0 Å². The van der Waals surface area contributed by atoms with Crippen molar-refractivity contribution in [2.24, 2.45) is 0 Å². The minimum atomic E-state index is 0.122. The van der Waals surface area contributed by atoms with Crippen molar-refractivity contribution in [1.29, 1.82) is 0 Å². The molecule has 3 nitrogen and oxygen atoms in total. The molecular formula is C14H13BrN2OS. The first-order valence-electron chi connectivity index (χ1n) is 6.25. The minimum absolute atomic E-state index is 0.122. The molecule has 0 aliphatic carbocycles. The maximum Gasteiger partial charge on any atom is 0.253 e. The molecule has 1 aliphatic rings. The Morgan fingerprint density at radius 2 is 2.05 bits per heavy atom. The van der Waals surface area contributed by atoms with E-state index in [1.54, 1.807) is 23.6 Å². The largest absolute Gasteiger partial charge is 0.339 e. The van der Waals surface area contributed by atoms with Crippen LogP contribution in [0.1, 0.15) is 23.2 Å². The highest BCUT2D eigenvalue weighted by atomic mass is 79.9. The number of hydrogen-bond acceptors (Lipinski definition) is 3. The molecule has 3 heterocycles. The molecule has 0 bridgehead atoms. The normalized spacial score (nSPS) is 14.9. The van der Waals surface area contributed by atoms with Gasteiger partial charge in [-0.1, -0.05) is 0 Å². The molecule has 1 saturated heterocycles. The van der Waals surface area contributed by atoms with Gasteiger partial charge in [-0.05, 0) is 53.0 Å². The Kier molecular flexibility index (Phi) is 3.66. The summed E-state index contributed by atoms with van der Waals surface area (Å²) in [4.78, 5) is 19.7. The van der Waals surface area contributed by atoms with E-state index in [1.807, 2.05) is 23.1 Å². The first kappa shape index (κ1) is 12.8. The van der Waals surface area contributed by atoms with E-state index in [0.29, 0.717) is 0 Å². The van der Waals surface area contributed by atoms with Crippen molar-refractivity contribution >= 4 is 33.2 Å². The number of hydrogen-bond donors (Lipinski definition) is 0. The van der Waals surface area contributed by atoms with Crippen LogP contribution < -0.4 is 0 Å². The predicted molar refractivity (Wildman–Crippen MR) is 80.4 cm³/mol. The van der Waals surface area contributed by atoms with Crippen LogP contribution in [0, 0.1) is 0 Å². The lowest BCUT2D eigenvalue weighted by molar-refractivity contribution is 0.0793. The molecule has 19 heavy (non-hydrogen) atoms. The Balaban J connectivity index is 1.89. The second kappa shape index (κ2) is 5.43. The first-order chi connectivity index (χ1) is 9.24. The Hall–Kier alpha value is -1.20. The standard InChI is InChI=1S/C14H13BrN2OS/c15-13-4-3-12(19-13)11-9-10(5-6-16-11)14(18)17-7-1-2-8-17/h3-6,9H,1-2,7-8H2. The van der Waals surface area contributed by atoms with E-state index in [2.05, 4.69) is 20.9 Å². The number of carbonyl (C=O) groups is 1. The maximum atomic E-state index is 12.3. The average Bonchev–Trinajstić information content (AvgIpc) is 3.09. The van der Waals surface area contributed by atoms with E-state index in [0.717, 1.165) is 45.9 Å². The van der Waals surface area contributed by atoms with Crippen LogP contribution in [0.25, 0.3) is 10.6 Å². The van der Waals surface area contributed by atoms with Gasteiger partial charge in [0.05, 0.1) is 14.4 Å². The number of nitrogens with zero attached hydrogens (tertiary/aromatic N) is 2. The molecule has 0 aromatic carbocycles. The topological polar surface area (TPSA) is 33.2 Å². The zero-order chi connectivity index (χ0) is 13.2. The van der Waals surface area contributed by atoms with E-state index in [9.17, 15) is 4.79 Å². The van der Waals surface area contributed by atoms with Gasteiger partial charge >= 0.3 is 0 Å². The van der Waals surface area contributed by atoms with Crippen molar-refractivity contribution in [3.8, 4) is 10.6 Å². The minimum Gasteiger partial charge on any atom is -0.339 e. The number of pyridine rings is 1. The van der Waals surface area contributed by atoms with Gasteiger partial charge in [-0.2, -0.15) is 0 Å². The molecule has 98 valence electrons. The Morgan fingerprint density at radius 1 is 1.26 bits per heavy atom. The third kappa shape index (κ3) is 2.72. The molecule has 0 atom stereocenters. The van der Waals surface area contributed by atoms with Gasteiger partial charge in [-0.3, -0.25) is 9.78 Å². The van der Waals surface area contributed by atoms with Crippen LogP contribution in [0.15, 0.2) is 34.2 Å². The molecular weight excluding hydrogens is 324 g/mol. The highest BCUT2D eigenvalue weighted by Gasteiger charge is 2.20. The fourth-order valence-electron chi connectivity index (χ4n) is 2.25. The van der Waals surface area contributed by atoms with E-state index in [1.165, 1.54) is 0 Å². The van der Waals surface area contributed by atoms with Gasteiger partial charge in [0, 0.05) is 24.8 Å². The third-order valence-corrected chi connectivity index (χ3v) is 4.87. The molecule has 0 unspecified atom stereocenters. The van der Waals surface area contributed by atoms with Crippen molar-refractivity contribution in [3.63, 3.8) is 0 Å². The molecule has 2 aromatic heterocycles. The molecule has 1 aliphatic heterocycles. The zero-order valence-corrected chi connectivity index (χ0v) is 12.7. The number of likely N-dealkylation sites (tertiary alicyclic amines) is 1. The molecule has 1 fully saturated rings. The van der Waals surface area contributed by atoms with Crippen LogP contribution in [-0.2, 0) is 0 Å². The SMILES string of the molecule is O=C(c1ccnc(-c2ccc(Br)s2)c1)N1CCCC1. The second-order valence-corrected chi connectivity index (χ2v) is 7.00. The first-order valence-corrected chi connectivity index (χ1v) is 7.86. The lowest BCUT2D eigenvalue weighted by Gasteiger charge is -2.15. The molecule has 3 rings (SSSR count). The van der Waals surface area contributed by atoms with Gasteiger partial charge in [0.25, 0.3) is 5.91 Å². The van der Waals surface area contributed by atoms with Gasteiger partial charge in [0.15, 0.2) is 0 Å². The van der Waals surface area contributed by atoms with Gasteiger partial charge in [-0.15, -0.1) is 11.3 Å². The van der Waals surface area contributed by atoms with E-state index < -0.39 is 0 Å². The third-order valence-electron chi connectivity index (χ3n) is 3.23. The fourth-order valence-corrected chi connectivity index (χ4v) is 3.61. The number of carbonyl (C=O) groups excluding carboxylic acids is 1. The van der Waals surface area contributed by atoms with E-state index in [-0.39, 0.29) is 5.91 Å². The van der Waals surface area contributed by atoms with Gasteiger partial charge in [0.2, 0.25) is 0 Å². The molecule has 5 heteroatoms. The number of halogens is 1. The highest BCUT2D eigenvalue weighted by molar-refractivity contribution is 9.11. The van der Waals surface area contributed by atoms with Crippen LogP contribution in [-0.4, -0.2) is 28.9 Å². The Bertz CT molecular complexity index is 605. The summed E-state index contributed by atoms with van der Waals surface area (Å²) in [5, 5.41) is 0. The Labute approximate surface area is 124 Å². The van der Waals surface area contributed by atoms with Gasteiger partial charge < -0.3 is 4.90 Å². The van der Waals surface area contributed by atoms with Crippen LogP contribution >= 0.6 is 27.3 Å². The number of amides is 1. The highest BCUT2D eigenvalue weighted by Crippen LogP contribution is 2.30. The van der Waals surface area contributed by atoms with Crippen molar-refractivity contribution in [3.05, 3.63) is 39.8 Å². The summed E-state index contributed by atoms with van der Waals surface area (Å²) in [7, 11) is 0. The summed E-state index contributed by atoms with van der Waals surface area (Å²) in [5.41, 5.74) is 1.59. The summed E-state index contributed by atoms with van der Waals surface area (Å²) in [5.74, 6) is 0.122. The Morgan fingerprint density at radius 3 is 2.74 bits per heavy atom. The molecule has 0 saturated carbocycles. The second-order valence-electron chi connectivity index (χ2n) is 4.53. The van der Waals surface area contributed by atoms with Gasteiger partial charge in [-0.25, -0.2) is 0 Å². The smallest absolute Gasteiger partial charge is 0.253 e. The van der Waals surface area contributed by atoms with Crippen LogP contribution in [0.4, 0.5) is 0 Å². The summed E-state index contributed by atoms with van der Waals surface area (Å²) >= 11 is 5.07. The molecule has 2 aromatic rings. The summed E-state index contributed by atoms with van der Waals surface area (Å²) < 4.78 is 1.07. The monoisotopic (exact) mass is 336 g/mol. The summed E-state index contributed by atoms with van der Waals surface area (Å²) in [6.07, 6.45) is 3.94. The predicted octanol–water partition coefficient (Wildman–Crippen LogP) is 3.81. The lowest BCUT2D eigenvalue weighted by atomic mass is 10.2. The lowest BCUT2D eigenvalue weighted by Crippen LogP contribution is -2.27. The molecule has 0 spiro atoms. The fraction of sp³-hybridized carbons (Fsp3) is 0.286. The van der Waals surface area contributed by atoms with E-state index in [4.69, 9.17) is 0 Å². The average molecular weight is 337 g/mol. The van der Waals surface area contributed by atoms with E-state index >= 15 is 0 Å². The molecule has 0 N–H and O–H groups in total. The van der Waals surface area contributed by atoms with Crippen molar-refractivity contribution in [1.82, 2.24) is 9.88 Å². The molecule has 0 radical (unpaired) electrons. The van der Waals surface area contributed by atoms with Crippen molar-refractivity contribution in [2.45, 2.75) is 12.8 Å². The summed E-state index contributed by atoms with van der Waals surface area (Å²) in [6.45, 7) is 1.75. The van der Waals surface area contributed by atoms with Crippen LogP contribution in [0.3, 0.4) is 0 Å². The zero-order valence-electron chi connectivity index (χ0n) is 10.3. The van der Waals surface area contributed by atoms with Gasteiger partial charge in [0.1, 0.15) is 0 Å². The number of rotatable bonds is 2. The van der Waals surface area contributed by atoms with Crippen molar-refractivity contribution in [2.75, 3.05) is 13.1 Å². The summed E-state index contributed by atoms with van der Waals surface area (Å²) in [6, 6.07) is 7.70. The quantitative estimate of drug-likeness (QED) is 0.835. The maximum absolute atomic E-state index is 12.3.